The highest BCUT2D eigenvalue weighted by atomic mass is 35.5. The van der Waals surface area contributed by atoms with E-state index in [0.29, 0.717) is 41.9 Å². The van der Waals surface area contributed by atoms with E-state index in [1.165, 1.54) is 7.11 Å². The van der Waals surface area contributed by atoms with Crippen molar-refractivity contribution in [2.45, 2.75) is 44.9 Å². The second-order valence-corrected chi connectivity index (χ2v) is 7.13. The van der Waals surface area contributed by atoms with Crippen LogP contribution in [0.15, 0.2) is 18.2 Å². The Hall–Kier alpha value is -2.05. The van der Waals surface area contributed by atoms with Crippen molar-refractivity contribution in [3.8, 4) is 17.1 Å². The Kier molecular flexibility index (Phi) is 4.63. The summed E-state index contributed by atoms with van der Waals surface area (Å²) in [5.41, 5.74) is 2.02. The number of hydrogen-bond acceptors (Lipinski definition) is 5. The minimum Gasteiger partial charge on any atom is -0.489 e. The predicted octanol–water partition coefficient (Wildman–Crippen LogP) is 3.49. The highest BCUT2D eigenvalue weighted by Gasteiger charge is 2.28. The van der Waals surface area contributed by atoms with E-state index in [-0.39, 0.29) is 12.2 Å². The molecule has 2 aliphatic rings. The molecule has 138 valence electrons. The summed E-state index contributed by atoms with van der Waals surface area (Å²) in [4.78, 5) is 16.8. The van der Waals surface area contributed by atoms with E-state index in [0.717, 1.165) is 24.1 Å². The fourth-order valence-electron chi connectivity index (χ4n) is 3.18. The Bertz CT molecular complexity index is 844. The van der Waals surface area contributed by atoms with Crippen LogP contribution in [0.25, 0.3) is 11.4 Å². The molecular formula is C19H21ClN2O4. The predicted molar refractivity (Wildman–Crippen MR) is 96.8 cm³/mol. The molecule has 1 aromatic heterocycles. The summed E-state index contributed by atoms with van der Waals surface area (Å²) in [6.45, 7) is 3.17. The van der Waals surface area contributed by atoms with E-state index in [2.05, 4.69) is 4.98 Å². The maximum absolute atomic E-state index is 12.2. The summed E-state index contributed by atoms with van der Waals surface area (Å²) < 4.78 is 18.5. The molecule has 1 fully saturated rings. The van der Waals surface area contributed by atoms with Crippen LogP contribution in [0.5, 0.6) is 5.75 Å². The summed E-state index contributed by atoms with van der Waals surface area (Å²) in [6.07, 6.45) is 3.07. The van der Waals surface area contributed by atoms with Gasteiger partial charge in [0.2, 0.25) is 0 Å². The normalized spacial score (nSPS) is 19.6. The molecule has 1 unspecified atom stereocenters. The molecular weight excluding hydrogens is 356 g/mol. The van der Waals surface area contributed by atoms with Crippen LogP contribution in [0.4, 0.5) is 0 Å². The molecule has 1 aliphatic carbocycles. The van der Waals surface area contributed by atoms with Crippen LogP contribution in [-0.2, 0) is 22.4 Å². The molecule has 4 rings (SSSR count). The summed E-state index contributed by atoms with van der Waals surface area (Å²) in [5, 5.41) is 0.546. The molecule has 1 aromatic carbocycles. The number of esters is 1. The summed E-state index contributed by atoms with van der Waals surface area (Å²) >= 11 is 6.41. The van der Waals surface area contributed by atoms with Gasteiger partial charge >= 0.3 is 5.97 Å². The van der Waals surface area contributed by atoms with E-state index in [9.17, 15) is 4.79 Å². The van der Waals surface area contributed by atoms with Crippen LogP contribution in [0.1, 0.15) is 35.9 Å². The van der Waals surface area contributed by atoms with Gasteiger partial charge in [0.15, 0.2) is 5.69 Å². The van der Waals surface area contributed by atoms with Crippen molar-refractivity contribution in [1.82, 2.24) is 9.55 Å². The lowest BCUT2D eigenvalue weighted by Crippen LogP contribution is -2.15. The summed E-state index contributed by atoms with van der Waals surface area (Å²) in [7, 11) is 1.37. The first-order valence-corrected chi connectivity index (χ1v) is 9.20. The molecule has 7 heteroatoms. The zero-order valence-corrected chi connectivity index (χ0v) is 15.6. The third-order valence-corrected chi connectivity index (χ3v) is 4.94. The van der Waals surface area contributed by atoms with Gasteiger partial charge in [0.05, 0.1) is 43.2 Å². The quantitative estimate of drug-likeness (QED) is 0.764. The van der Waals surface area contributed by atoms with E-state index >= 15 is 0 Å². The number of carbonyl (C=O) groups is 1. The first-order valence-electron chi connectivity index (χ1n) is 8.82. The Balaban J connectivity index is 1.76. The number of ether oxygens (including phenoxy) is 3. The van der Waals surface area contributed by atoms with Crippen molar-refractivity contribution >= 4 is 17.6 Å². The van der Waals surface area contributed by atoms with Crippen LogP contribution in [0, 0.1) is 0 Å². The van der Waals surface area contributed by atoms with Crippen LogP contribution >= 0.6 is 11.6 Å². The van der Waals surface area contributed by atoms with E-state index in [4.69, 9.17) is 25.8 Å². The van der Waals surface area contributed by atoms with Gasteiger partial charge in [-0.15, -0.1) is 0 Å². The van der Waals surface area contributed by atoms with Gasteiger partial charge in [-0.3, -0.25) is 0 Å². The zero-order chi connectivity index (χ0) is 18.3. The number of methoxy groups -OCH3 is 1. The van der Waals surface area contributed by atoms with Gasteiger partial charge in [0.25, 0.3) is 0 Å². The van der Waals surface area contributed by atoms with Gasteiger partial charge in [-0.05, 0) is 38.0 Å². The third-order valence-electron chi connectivity index (χ3n) is 4.64. The first kappa shape index (κ1) is 17.4. The zero-order valence-electron chi connectivity index (χ0n) is 14.8. The van der Waals surface area contributed by atoms with E-state index in [1.807, 2.05) is 29.7 Å². The standard InChI is InChI=1S/C19H21ClN2O4/c1-11-10-22-15(7-8-25-11)17(19(23)24-2)21-18(22)12-3-6-16(14(20)9-12)26-13-4-5-13/h3,6,9,11,13H,4-5,7-8,10H2,1-2H3. The molecule has 1 saturated carbocycles. The molecule has 0 amide bonds. The van der Waals surface area contributed by atoms with Gasteiger partial charge in [-0.1, -0.05) is 11.6 Å². The van der Waals surface area contributed by atoms with Gasteiger partial charge in [0.1, 0.15) is 11.6 Å². The molecule has 6 nitrogen and oxygen atoms in total. The van der Waals surface area contributed by atoms with Gasteiger partial charge < -0.3 is 18.8 Å². The van der Waals surface area contributed by atoms with Crippen molar-refractivity contribution < 1.29 is 19.0 Å². The average molecular weight is 377 g/mol. The Labute approximate surface area is 157 Å². The summed E-state index contributed by atoms with van der Waals surface area (Å²) in [5.74, 6) is 0.942. The lowest BCUT2D eigenvalue weighted by atomic mass is 10.2. The maximum atomic E-state index is 12.2. The second kappa shape index (κ2) is 6.93. The first-order chi connectivity index (χ1) is 12.6. The molecule has 0 saturated heterocycles. The van der Waals surface area contributed by atoms with Crippen molar-refractivity contribution in [1.29, 1.82) is 0 Å². The van der Waals surface area contributed by atoms with Crippen LogP contribution in [0.3, 0.4) is 0 Å². The number of hydrogen-bond donors (Lipinski definition) is 0. The minimum absolute atomic E-state index is 0.0302. The topological polar surface area (TPSA) is 62.6 Å². The molecule has 0 bridgehead atoms. The van der Waals surface area contributed by atoms with Crippen molar-refractivity contribution in [3.05, 3.63) is 34.6 Å². The SMILES string of the molecule is COC(=O)c1nc(-c2ccc(OC3CC3)c(Cl)c2)n2c1CCOC(C)C2. The third kappa shape index (κ3) is 3.31. The van der Waals surface area contributed by atoms with Crippen LogP contribution < -0.4 is 4.74 Å². The Morgan fingerprint density at radius 1 is 1.38 bits per heavy atom. The number of halogens is 1. The minimum atomic E-state index is -0.436. The number of benzene rings is 1. The van der Waals surface area contributed by atoms with Crippen molar-refractivity contribution in [2.75, 3.05) is 13.7 Å². The fraction of sp³-hybridized carbons (Fsp3) is 0.474. The molecule has 2 heterocycles. The summed E-state index contributed by atoms with van der Waals surface area (Å²) in [6, 6.07) is 5.63. The molecule has 0 radical (unpaired) electrons. The number of rotatable bonds is 4. The Morgan fingerprint density at radius 3 is 2.88 bits per heavy atom. The van der Waals surface area contributed by atoms with E-state index < -0.39 is 5.97 Å². The molecule has 26 heavy (non-hydrogen) atoms. The molecule has 1 aliphatic heterocycles. The number of nitrogens with zero attached hydrogens (tertiary/aromatic N) is 2. The lowest BCUT2D eigenvalue weighted by Gasteiger charge is -2.13. The lowest BCUT2D eigenvalue weighted by molar-refractivity contribution is 0.0591. The van der Waals surface area contributed by atoms with Crippen molar-refractivity contribution in [2.24, 2.45) is 0 Å². The Morgan fingerprint density at radius 2 is 2.19 bits per heavy atom. The number of fused-ring (bicyclic) bond motifs is 1. The fourth-order valence-corrected chi connectivity index (χ4v) is 3.41. The highest BCUT2D eigenvalue weighted by molar-refractivity contribution is 6.32. The van der Waals surface area contributed by atoms with Gasteiger partial charge in [0, 0.05) is 12.0 Å². The molecule has 1 atom stereocenters. The number of carbonyl (C=O) groups excluding carboxylic acids is 1. The largest absolute Gasteiger partial charge is 0.489 e. The second-order valence-electron chi connectivity index (χ2n) is 6.73. The maximum Gasteiger partial charge on any atom is 0.358 e. The highest BCUT2D eigenvalue weighted by Crippen LogP contribution is 2.35. The smallest absolute Gasteiger partial charge is 0.358 e. The monoisotopic (exact) mass is 376 g/mol. The number of aromatic nitrogens is 2. The average Bonchev–Trinajstić information content (AvgIpc) is 3.40. The number of imidazole rings is 1. The molecule has 2 aromatic rings. The van der Waals surface area contributed by atoms with Gasteiger partial charge in [-0.2, -0.15) is 0 Å². The van der Waals surface area contributed by atoms with Crippen LogP contribution in [0.2, 0.25) is 5.02 Å². The molecule has 0 N–H and O–H groups in total. The van der Waals surface area contributed by atoms with E-state index in [1.54, 1.807) is 0 Å². The molecule has 0 spiro atoms. The van der Waals surface area contributed by atoms with Gasteiger partial charge in [-0.25, -0.2) is 9.78 Å². The van der Waals surface area contributed by atoms with Crippen LogP contribution in [-0.4, -0.2) is 41.4 Å². The van der Waals surface area contributed by atoms with Crippen molar-refractivity contribution in [3.63, 3.8) is 0 Å².